The van der Waals surface area contributed by atoms with Crippen molar-refractivity contribution in [1.82, 2.24) is 19.7 Å². The van der Waals surface area contributed by atoms with Gasteiger partial charge in [0, 0.05) is 69.4 Å². The Balaban J connectivity index is 1.16. The Hall–Kier alpha value is -1.89. The maximum Gasteiger partial charge on any atom is 0.270 e. The molecule has 6 heteroatoms. The van der Waals surface area contributed by atoms with Gasteiger partial charge in [-0.3, -0.25) is 9.69 Å². The van der Waals surface area contributed by atoms with Crippen molar-refractivity contribution >= 4 is 16.8 Å². The average Bonchev–Trinajstić information content (AvgIpc) is 3.24. The molecule has 0 unspecified atom stereocenters. The smallest absolute Gasteiger partial charge is 0.270 e. The number of aromatic nitrogens is 1. The molecule has 0 aliphatic carbocycles. The second kappa shape index (κ2) is 9.16. The third-order valence-electron chi connectivity index (χ3n) is 7.74. The van der Waals surface area contributed by atoms with Crippen molar-refractivity contribution in [2.75, 3.05) is 52.4 Å². The normalized spacial score (nSPS) is 25.1. The highest BCUT2D eigenvalue weighted by atomic mass is 16.5. The van der Waals surface area contributed by atoms with Gasteiger partial charge < -0.3 is 19.5 Å². The maximum absolute atomic E-state index is 13.1. The molecule has 0 bridgehead atoms. The van der Waals surface area contributed by atoms with Crippen LogP contribution in [0.3, 0.4) is 0 Å². The molecule has 2 aromatic rings. The number of aromatic amines is 1. The summed E-state index contributed by atoms with van der Waals surface area (Å²) in [5.74, 6) is 0.856. The van der Waals surface area contributed by atoms with E-state index in [4.69, 9.17) is 4.74 Å². The highest BCUT2D eigenvalue weighted by Crippen LogP contribution is 2.37. The average molecular weight is 439 g/mol. The molecular formula is C26H38N4O2. The molecular weight excluding hydrogens is 400 g/mol. The monoisotopic (exact) mass is 438 g/mol. The first kappa shape index (κ1) is 21.9. The van der Waals surface area contributed by atoms with E-state index < -0.39 is 0 Å². The number of carbonyl (C=O) groups is 1. The van der Waals surface area contributed by atoms with E-state index in [9.17, 15) is 4.79 Å². The van der Waals surface area contributed by atoms with Gasteiger partial charge in [-0.1, -0.05) is 32.0 Å². The minimum atomic E-state index is -0.0464. The van der Waals surface area contributed by atoms with Crippen LogP contribution in [0.25, 0.3) is 10.9 Å². The summed E-state index contributed by atoms with van der Waals surface area (Å²) in [5, 5.41) is 1.09. The number of benzene rings is 1. The number of piperazine rings is 1. The van der Waals surface area contributed by atoms with Crippen LogP contribution in [0, 0.1) is 5.92 Å². The van der Waals surface area contributed by atoms with E-state index in [0.29, 0.717) is 11.7 Å². The summed E-state index contributed by atoms with van der Waals surface area (Å²) in [5.41, 5.74) is 1.68. The van der Waals surface area contributed by atoms with Crippen LogP contribution in [-0.4, -0.2) is 89.7 Å². The number of nitrogens with one attached hydrogen (secondary N) is 1. The van der Waals surface area contributed by atoms with E-state index in [0.717, 1.165) is 62.2 Å². The lowest BCUT2D eigenvalue weighted by atomic mass is 9.81. The molecule has 174 valence electrons. The molecule has 1 aromatic carbocycles. The molecule has 5 rings (SSSR count). The molecule has 1 atom stereocenters. The van der Waals surface area contributed by atoms with Gasteiger partial charge in [0.1, 0.15) is 5.69 Å². The third-order valence-corrected chi connectivity index (χ3v) is 7.74. The van der Waals surface area contributed by atoms with Gasteiger partial charge in [0.2, 0.25) is 0 Å². The van der Waals surface area contributed by atoms with Crippen LogP contribution in [0.1, 0.15) is 50.0 Å². The van der Waals surface area contributed by atoms with Gasteiger partial charge in [0.25, 0.3) is 5.91 Å². The molecule has 1 aromatic heterocycles. The molecule has 32 heavy (non-hydrogen) atoms. The fourth-order valence-electron chi connectivity index (χ4n) is 5.97. The predicted octanol–water partition coefficient (Wildman–Crippen LogP) is 3.60. The summed E-state index contributed by atoms with van der Waals surface area (Å²) in [6.07, 6.45) is 4.15. The Labute approximate surface area is 191 Å². The Morgan fingerprint density at radius 1 is 1.12 bits per heavy atom. The number of likely N-dealkylation sites (tertiary alicyclic amines) is 1. The van der Waals surface area contributed by atoms with Crippen LogP contribution in [0.15, 0.2) is 30.3 Å². The summed E-state index contributed by atoms with van der Waals surface area (Å²) < 4.78 is 6.40. The number of nitrogens with zero attached hydrogens (tertiary/aromatic N) is 3. The molecule has 6 nitrogen and oxygen atoms in total. The van der Waals surface area contributed by atoms with Gasteiger partial charge in [-0.05, 0) is 43.7 Å². The number of fused-ring (bicyclic) bond motifs is 1. The van der Waals surface area contributed by atoms with Crippen molar-refractivity contribution in [2.45, 2.75) is 51.2 Å². The second-order valence-corrected chi connectivity index (χ2v) is 10.5. The topological polar surface area (TPSA) is 51.8 Å². The maximum atomic E-state index is 13.1. The zero-order valence-corrected chi connectivity index (χ0v) is 19.7. The van der Waals surface area contributed by atoms with Crippen molar-refractivity contribution < 1.29 is 9.53 Å². The van der Waals surface area contributed by atoms with Gasteiger partial charge in [-0.2, -0.15) is 0 Å². The zero-order chi connectivity index (χ0) is 22.1. The molecule has 1 N–H and O–H groups in total. The summed E-state index contributed by atoms with van der Waals surface area (Å²) in [7, 11) is 0. The fourth-order valence-corrected chi connectivity index (χ4v) is 5.97. The van der Waals surface area contributed by atoms with Gasteiger partial charge in [-0.25, -0.2) is 0 Å². The fraction of sp³-hybridized carbons (Fsp3) is 0.654. The van der Waals surface area contributed by atoms with E-state index in [2.05, 4.69) is 28.6 Å². The molecule has 1 spiro atoms. The van der Waals surface area contributed by atoms with Crippen LogP contribution >= 0.6 is 0 Å². The summed E-state index contributed by atoms with van der Waals surface area (Å²) in [4.78, 5) is 23.7. The van der Waals surface area contributed by atoms with Crippen molar-refractivity contribution in [2.24, 2.45) is 5.92 Å². The molecule has 4 heterocycles. The van der Waals surface area contributed by atoms with Crippen LogP contribution in [0.5, 0.6) is 0 Å². The molecule has 1 amide bonds. The highest BCUT2D eigenvalue weighted by molar-refractivity contribution is 5.98. The standard InChI is InChI=1S/C26H38N4O2/c1-20(2)19-28-12-14-29(15-13-28)22-7-16-32-26(18-22)8-10-30(11-9-26)25(31)24-17-21-5-3-4-6-23(21)27-24/h3-6,17,20,22,27H,7-16,18-19H2,1-2H3/t22-/m1/s1. The van der Waals surface area contributed by atoms with Gasteiger partial charge in [-0.15, -0.1) is 0 Å². The second-order valence-electron chi connectivity index (χ2n) is 10.5. The van der Waals surface area contributed by atoms with E-state index in [1.807, 2.05) is 35.2 Å². The predicted molar refractivity (Wildman–Crippen MR) is 128 cm³/mol. The number of hydrogen-bond acceptors (Lipinski definition) is 4. The Morgan fingerprint density at radius 2 is 1.88 bits per heavy atom. The number of amides is 1. The first-order valence-corrected chi connectivity index (χ1v) is 12.5. The minimum absolute atomic E-state index is 0.0464. The van der Waals surface area contributed by atoms with E-state index >= 15 is 0 Å². The third kappa shape index (κ3) is 4.59. The van der Waals surface area contributed by atoms with Crippen molar-refractivity contribution in [1.29, 1.82) is 0 Å². The number of carbonyl (C=O) groups excluding carboxylic acids is 1. The first-order chi connectivity index (χ1) is 15.5. The van der Waals surface area contributed by atoms with Crippen molar-refractivity contribution in [3.8, 4) is 0 Å². The van der Waals surface area contributed by atoms with Gasteiger partial charge in [0.15, 0.2) is 0 Å². The zero-order valence-electron chi connectivity index (χ0n) is 19.7. The van der Waals surface area contributed by atoms with E-state index in [1.54, 1.807) is 0 Å². The lowest BCUT2D eigenvalue weighted by Gasteiger charge is -2.49. The number of rotatable bonds is 4. The summed E-state index contributed by atoms with van der Waals surface area (Å²) in [6.45, 7) is 13.0. The van der Waals surface area contributed by atoms with Gasteiger partial charge in [0.05, 0.1) is 5.60 Å². The lowest BCUT2D eigenvalue weighted by molar-refractivity contribution is -0.132. The van der Waals surface area contributed by atoms with E-state index in [-0.39, 0.29) is 11.5 Å². The van der Waals surface area contributed by atoms with E-state index in [1.165, 1.54) is 32.7 Å². The van der Waals surface area contributed by atoms with Gasteiger partial charge >= 0.3 is 0 Å². The number of H-pyrrole nitrogens is 1. The van der Waals surface area contributed by atoms with Crippen molar-refractivity contribution in [3.63, 3.8) is 0 Å². The van der Waals surface area contributed by atoms with Crippen LogP contribution in [0.4, 0.5) is 0 Å². The first-order valence-electron chi connectivity index (χ1n) is 12.5. The Morgan fingerprint density at radius 3 is 2.59 bits per heavy atom. The SMILES string of the molecule is CC(C)CN1CCN([C@@H]2CCOC3(CCN(C(=O)c4cc5ccccc5[nH]4)CC3)C2)CC1. The molecule has 3 fully saturated rings. The van der Waals surface area contributed by atoms with Crippen LogP contribution in [-0.2, 0) is 4.74 Å². The number of para-hydroxylation sites is 1. The largest absolute Gasteiger partial charge is 0.375 e. The lowest BCUT2D eigenvalue weighted by Crippen LogP contribution is -2.57. The Kier molecular flexibility index (Phi) is 6.28. The Bertz CT molecular complexity index is 890. The van der Waals surface area contributed by atoms with Crippen LogP contribution in [0.2, 0.25) is 0 Å². The summed E-state index contributed by atoms with van der Waals surface area (Å²) >= 11 is 0. The summed E-state index contributed by atoms with van der Waals surface area (Å²) in [6, 6.07) is 10.7. The number of piperidine rings is 1. The number of ether oxygens (including phenoxy) is 1. The van der Waals surface area contributed by atoms with Crippen molar-refractivity contribution in [3.05, 3.63) is 36.0 Å². The molecule has 0 saturated carbocycles. The van der Waals surface area contributed by atoms with Crippen LogP contribution < -0.4 is 0 Å². The quantitative estimate of drug-likeness (QED) is 0.793. The molecule has 0 radical (unpaired) electrons. The molecule has 3 aliphatic rings. The molecule has 3 saturated heterocycles. The minimum Gasteiger partial charge on any atom is -0.375 e. The highest BCUT2D eigenvalue weighted by Gasteiger charge is 2.43. The molecule has 3 aliphatic heterocycles. The number of hydrogen-bond donors (Lipinski definition) is 1.